The average molecular weight is 559 g/mol. The molecule has 0 aliphatic carbocycles. The van der Waals surface area contributed by atoms with E-state index < -0.39 is 10.0 Å². The van der Waals surface area contributed by atoms with E-state index in [-0.39, 0.29) is 23.6 Å². The third kappa shape index (κ3) is 6.59. The molecule has 0 radical (unpaired) electrons. The number of carbonyl (C=O) groups excluding carboxylic acids is 1. The molecular formula is C28H31ClN2O6S. The van der Waals surface area contributed by atoms with Gasteiger partial charge in [0.05, 0.1) is 24.8 Å². The minimum atomic E-state index is -3.61. The Hall–Kier alpha value is -3.27. The van der Waals surface area contributed by atoms with Crippen molar-refractivity contribution in [2.24, 2.45) is 0 Å². The number of piperidine rings is 1. The van der Waals surface area contributed by atoms with Gasteiger partial charge in [0, 0.05) is 24.5 Å². The number of halogens is 1. The standard InChI is InChI=1S/C28H31ClN2O6S/c1-35-24-14-12-22(38(33,34)31-16-6-3-7-17-31)18-20(24)10-15-28(32)30-23-19-21(29)11-13-25(23)37-27-9-5-4-8-26(27)36-2/h4-5,8-9,11-14,18-19H,3,6-7,10,15-17H2,1-2H3,(H,30,32). The van der Waals surface area contributed by atoms with Crippen LogP contribution in [-0.2, 0) is 21.2 Å². The van der Waals surface area contributed by atoms with Crippen molar-refractivity contribution < 1.29 is 27.4 Å². The number of benzene rings is 3. The van der Waals surface area contributed by atoms with E-state index in [0.717, 1.165) is 19.3 Å². The Morgan fingerprint density at radius 2 is 1.58 bits per heavy atom. The van der Waals surface area contributed by atoms with E-state index in [0.29, 0.717) is 52.4 Å². The molecule has 3 aromatic rings. The van der Waals surface area contributed by atoms with Gasteiger partial charge in [0.1, 0.15) is 5.75 Å². The van der Waals surface area contributed by atoms with Crippen LogP contribution in [0.4, 0.5) is 5.69 Å². The van der Waals surface area contributed by atoms with E-state index in [1.54, 1.807) is 55.6 Å². The maximum atomic E-state index is 13.2. The summed E-state index contributed by atoms with van der Waals surface area (Å²) in [6.07, 6.45) is 3.11. The molecular weight excluding hydrogens is 528 g/mol. The number of hydrogen-bond donors (Lipinski definition) is 1. The highest BCUT2D eigenvalue weighted by molar-refractivity contribution is 7.89. The number of nitrogens with one attached hydrogen (secondary N) is 1. The number of sulfonamides is 1. The summed E-state index contributed by atoms with van der Waals surface area (Å²) >= 11 is 6.19. The smallest absolute Gasteiger partial charge is 0.243 e. The maximum absolute atomic E-state index is 13.2. The Labute approximate surface area is 228 Å². The number of carbonyl (C=O) groups is 1. The molecule has 1 amide bonds. The van der Waals surface area contributed by atoms with E-state index in [9.17, 15) is 13.2 Å². The lowest BCUT2D eigenvalue weighted by Gasteiger charge is -2.26. The zero-order chi connectivity index (χ0) is 27.1. The van der Waals surface area contributed by atoms with E-state index in [1.807, 2.05) is 12.1 Å². The highest BCUT2D eigenvalue weighted by Crippen LogP contribution is 2.36. The average Bonchev–Trinajstić information content (AvgIpc) is 2.94. The van der Waals surface area contributed by atoms with Crippen LogP contribution in [0.5, 0.6) is 23.0 Å². The van der Waals surface area contributed by atoms with Crippen LogP contribution < -0.4 is 19.5 Å². The largest absolute Gasteiger partial charge is 0.496 e. The molecule has 1 heterocycles. The molecule has 1 N–H and O–H groups in total. The van der Waals surface area contributed by atoms with Crippen molar-refractivity contribution in [3.63, 3.8) is 0 Å². The van der Waals surface area contributed by atoms with Crippen molar-refractivity contribution in [1.82, 2.24) is 4.31 Å². The van der Waals surface area contributed by atoms with Crippen molar-refractivity contribution in [2.75, 3.05) is 32.6 Å². The van der Waals surface area contributed by atoms with E-state index in [2.05, 4.69) is 5.32 Å². The fourth-order valence-electron chi connectivity index (χ4n) is 4.34. The molecule has 1 aliphatic rings. The summed E-state index contributed by atoms with van der Waals surface area (Å²) in [6.45, 7) is 1.04. The third-order valence-corrected chi connectivity index (χ3v) is 8.46. The van der Waals surface area contributed by atoms with Crippen molar-refractivity contribution in [1.29, 1.82) is 0 Å². The van der Waals surface area contributed by atoms with Crippen LogP contribution in [-0.4, -0.2) is 45.9 Å². The third-order valence-electron chi connectivity index (χ3n) is 6.33. The van der Waals surface area contributed by atoms with Crippen LogP contribution >= 0.6 is 11.6 Å². The molecule has 8 nitrogen and oxygen atoms in total. The van der Waals surface area contributed by atoms with Gasteiger partial charge in [0.15, 0.2) is 17.2 Å². The van der Waals surface area contributed by atoms with Crippen LogP contribution in [0.15, 0.2) is 65.6 Å². The number of methoxy groups -OCH3 is 2. The summed E-state index contributed by atoms with van der Waals surface area (Å²) in [4.78, 5) is 13.2. The number of rotatable bonds is 10. The van der Waals surface area contributed by atoms with Crippen molar-refractivity contribution in [3.05, 3.63) is 71.2 Å². The summed E-state index contributed by atoms with van der Waals surface area (Å²) in [6, 6.07) is 16.9. The van der Waals surface area contributed by atoms with Gasteiger partial charge in [0.25, 0.3) is 0 Å². The van der Waals surface area contributed by atoms with Crippen LogP contribution in [0.25, 0.3) is 0 Å². The predicted octanol–water partition coefficient (Wildman–Crippen LogP) is 5.90. The summed E-state index contributed by atoms with van der Waals surface area (Å²) in [5.41, 5.74) is 1.04. The van der Waals surface area contributed by atoms with Crippen LogP contribution in [0.3, 0.4) is 0 Å². The summed E-state index contributed by atoms with van der Waals surface area (Å²) in [5, 5.41) is 3.29. The SMILES string of the molecule is COc1ccc(S(=O)(=O)N2CCCCC2)cc1CCC(=O)Nc1cc(Cl)ccc1Oc1ccccc1OC. The van der Waals surface area contributed by atoms with Gasteiger partial charge >= 0.3 is 0 Å². The summed E-state index contributed by atoms with van der Waals surface area (Å²) in [5.74, 6) is 1.68. The van der Waals surface area contributed by atoms with Gasteiger partial charge < -0.3 is 19.5 Å². The number of ether oxygens (including phenoxy) is 3. The Morgan fingerprint density at radius 3 is 2.29 bits per heavy atom. The number of hydrogen-bond acceptors (Lipinski definition) is 6. The van der Waals surface area contributed by atoms with Gasteiger partial charge in [-0.3, -0.25) is 4.79 Å². The molecule has 1 aliphatic heterocycles. The molecule has 1 saturated heterocycles. The molecule has 0 bridgehead atoms. The Morgan fingerprint density at radius 1 is 0.895 bits per heavy atom. The van der Waals surface area contributed by atoms with Gasteiger partial charge in [-0.15, -0.1) is 0 Å². The van der Waals surface area contributed by atoms with E-state index in [1.165, 1.54) is 11.4 Å². The quantitative estimate of drug-likeness (QED) is 0.333. The Balaban J connectivity index is 1.49. The topological polar surface area (TPSA) is 94.2 Å². The van der Waals surface area contributed by atoms with Crippen molar-refractivity contribution >= 4 is 33.2 Å². The Bertz CT molecular complexity index is 1390. The van der Waals surface area contributed by atoms with Crippen LogP contribution in [0.2, 0.25) is 5.02 Å². The minimum absolute atomic E-state index is 0.0875. The molecule has 1 fully saturated rings. The molecule has 38 heavy (non-hydrogen) atoms. The van der Waals surface area contributed by atoms with Crippen molar-refractivity contribution in [3.8, 4) is 23.0 Å². The second-order valence-electron chi connectivity index (χ2n) is 8.88. The minimum Gasteiger partial charge on any atom is -0.496 e. The summed E-state index contributed by atoms with van der Waals surface area (Å²) < 4.78 is 44.6. The molecule has 202 valence electrons. The van der Waals surface area contributed by atoms with Crippen LogP contribution in [0, 0.1) is 0 Å². The monoisotopic (exact) mass is 558 g/mol. The molecule has 0 saturated carbocycles. The second kappa shape index (κ2) is 12.5. The molecule has 4 rings (SSSR count). The molecule has 0 spiro atoms. The first-order valence-corrected chi connectivity index (χ1v) is 14.2. The fourth-order valence-corrected chi connectivity index (χ4v) is 6.08. The maximum Gasteiger partial charge on any atom is 0.243 e. The lowest BCUT2D eigenvalue weighted by Crippen LogP contribution is -2.35. The zero-order valence-corrected chi connectivity index (χ0v) is 23.0. The lowest BCUT2D eigenvalue weighted by atomic mass is 10.1. The molecule has 10 heteroatoms. The fraction of sp³-hybridized carbons (Fsp3) is 0.321. The number of amides is 1. The molecule has 0 atom stereocenters. The molecule has 0 unspecified atom stereocenters. The number of anilines is 1. The highest BCUT2D eigenvalue weighted by atomic mass is 35.5. The number of nitrogens with zero attached hydrogens (tertiary/aromatic N) is 1. The lowest BCUT2D eigenvalue weighted by molar-refractivity contribution is -0.116. The first-order valence-electron chi connectivity index (χ1n) is 12.4. The van der Waals surface area contributed by atoms with E-state index >= 15 is 0 Å². The Kier molecular flexibility index (Phi) is 9.14. The van der Waals surface area contributed by atoms with Gasteiger partial charge in [-0.1, -0.05) is 30.2 Å². The highest BCUT2D eigenvalue weighted by Gasteiger charge is 2.26. The first-order chi connectivity index (χ1) is 18.3. The van der Waals surface area contributed by atoms with Gasteiger partial charge in [0.2, 0.25) is 15.9 Å². The summed E-state index contributed by atoms with van der Waals surface area (Å²) in [7, 11) is -0.538. The first kappa shape index (κ1) is 27.8. The normalized spacial score (nSPS) is 14.1. The van der Waals surface area contributed by atoms with Gasteiger partial charge in [-0.25, -0.2) is 8.42 Å². The number of aryl methyl sites for hydroxylation is 1. The van der Waals surface area contributed by atoms with Gasteiger partial charge in [-0.05, 0) is 73.4 Å². The predicted molar refractivity (Wildman–Crippen MR) is 147 cm³/mol. The molecule has 3 aromatic carbocycles. The van der Waals surface area contributed by atoms with Gasteiger partial charge in [-0.2, -0.15) is 4.31 Å². The van der Waals surface area contributed by atoms with Crippen LogP contribution in [0.1, 0.15) is 31.2 Å². The van der Waals surface area contributed by atoms with Crippen molar-refractivity contribution in [2.45, 2.75) is 37.0 Å². The zero-order valence-electron chi connectivity index (χ0n) is 21.4. The molecule has 0 aromatic heterocycles. The number of para-hydroxylation sites is 2. The second-order valence-corrected chi connectivity index (χ2v) is 11.3. The van der Waals surface area contributed by atoms with E-state index in [4.69, 9.17) is 25.8 Å².